The molecule has 0 fully saturated rings. The number of hydrogen-bond donors (Lipinski definition) is 6. The fraction of sp³-hybridized carbons (Fsp3) is 0.222. The number of rotatable bonds is 4. The number of carboxylic acids is 2. The molecule has 0 saturated heterocycles. The maximum Gasteiger partial charge on any atom is 0.335 e. The predicted molar refractivity (Wildman–Crippen MR) is 92.7 cm³/mol. The van der Waals surface area contributed by atoms with Crippen LogP contribution in [0.25, 0.3) is 0 Å². The Morgan fingerprint density at radius 2 is 1.15 bits per heavy atom. The smallest absolute Gasteiger partial charge is 0.335 e. The molecule has 0 bridgehead atoms. The van der Waals surface area contributed by atoms with E-state index in [1.807, 2.05) is 0 Å². The molecule has 0 aliphatic rings. The van der Waals surface area contributed by atoms with Gasteiger partial charge in [0.1, 0.15) is 6.10 Å². The SMILES string of the molecule is CC(O)C(O)(O)CO.O=C(O)c1ccccc1.O=C(O)c1ccccc1. The van der Waals surface area contributed by atoms with Crippen LogP contribution in [0.5, 0.6) is 0 Å². The second-order valence-corrected chi connectivity index (χ2v) is 5.05. The van der Waals surface area contributed by atoms with Gasteiger partial charge in [-0.2, -0.15) is 0 Å². The third kappa shape index (κ3) is 9.50. The quantitative estimate of drug-likeness (QED) is 0.434. The van der Waals surface area contributed by atoms with Crippen LogP contribution in [0.3, 0.4) is 0 Å². The van der Waals surface area contributed by atoms with E-state index in [9.17, 15) is 9.59 Å². The van der Waals surface area contributed by atoms with Crippen molar-refractivity contribution in [3.8, 4) is 0 Å². The molecule has 0 heterocycles. The van der Waals surface area contributed by atoms with Gasteiger partial charge in [-0.05, 0) is 31.2 Å². The van der Waals surface area contributed by atoms with Gasteiger partial charge in [-0.15, -0.1) is 0 Å². The number of aromatic carboxylic acids is 2. The molecule has 8 nitrogen and oxygen atoms in total. The van der Waals surface area contributed by atoms with E-state index in [-0.39, 0.29) is 0 Å². The molecular formula is C18H22O8. The Kier molecular flexibility index (Phi) is 10.5. The van der Waals surface area contributed by atoms with Gasteiger partial charge in [0, 0.05) is 0 Å². The first-order valence-corrected chi connectivity index (χ1v) is 7.42. The number of aliphatic hydroxyl groups excluding tert-OH is 2. The lowest BCUT2D eigenvalue weighted by Crippen LogP contribution is -2.43. The minimum atomic E-state index is -2.35. The van der Waals surface area contributed by atoms with Crippen molar-refractivity contribution in [1.29, 1.82) is 0 Å². The molecule has 1 unspecified atom stereocenters. The van der Waals surface area contributed by atoms with Gasteiger partial charge in [0.05, 0.1) is 17.7 Å². The predicted octanol–water partition coefficient (Wildman–Crippen LogP) is 0.810. The first kappa shape index (κ1) is 23.2. The highest BCUT2D eigenvalue weighted by Crippen LogP contribution is 2.02. The summed E-state index contributed by atoms with van der Waals surface area (Å²) in [5, 5.41) is 50.2. The van der Waals surface area contributed by atoms with Crippen molar-refractivity contribution in [2.45, 2.75) is 18.8 Å². The van der Waals surface area contributed by atoms with Crippen LogP contribution in [0, 0.1) is 0 Å². The minimum absolute atomic E-state index is 0.331. The van der Waals surface area contributed by atoms with Gasteiger partial charge in [0.2, 0.25) is 5.79 Å². The van der Waals surface area contributed by atoms with Crippen LogP contribution in [-0.4, -0.2) is 61.1 Å². The van der Waals surface area contributed by atoms with Crippen LogP contribution in [0.15, 0.2) is 60.7 Å². The molecule has 8 heteroatoms. The van der Waals surface area contributed by atoms with Crippen molar-refractivity contribution in [2.24, 2.45) is 0 Å². The van der Waals surface area contributed by atoms with E-state index in [0.717, 1.165) is 0 Å². The summed E-state index contributed by atoms with van der Waals surface area (Å²) in [5.41, 5.74) is 0.662. The summed E-state index contributed by atoms with van der Waals surface area (Å²) in [6, 6.07) is 16.6. The van der Waals surface area contributed by atoms with E-state index < -0.39 is 30.4 Å². The van der Waals surface area contributed by atoms with E-state index in [2.05, 4.69) is 0 Å². The summed E-state index contributed by atoms with van der Waals surface area (Å²) in [5.74, 6) is -4.11. The van der Waals surface area contributed by atoms with Gasteiger partial charge < -0.3 is 30.6 Å². The lowest BCUT2D eigenvalue weighted by atomic mass is 10.2. The summed E-state index contributed by atoms with van der Waals surface area (Å²) in [6.45, 7) is 0.320. The standard InChI is InChI=1S/2C7H6O2.C4H10O4/c2*8-7(9)6-4-2-1-3-5-6;1-3(6)4(7,8)2-5/h2*1-5H,(H,8,9);3,5-8H,2H2,1H3. The van der Waals surface area contributed by atoms with Crippen molar-refractivity contribution >= 4 is 11.9 Å². The molecule has 2 aromatic carbocycles. The molecule has 1 atom stereocenters. The Bertz CT molecular complexity index is 604. The highest BCUT2D eigenvalue weighted by molar-refractivity contribution is 5.87. The molecule has 0 amide bonds. The third-order valence-corrected chi connectivity index (χ3v) is 2.94. The Labute approximate surface area is 150 Å². The Hall–Kier alpha value is -2.78. The van der Waals surface area contributed by atoms with Gasteiger partial charge in [-0.25, -0.2) is 9.59 Å². The normalized spacial score (nSPS) is 11.1. The fourth-order valence-corrected chi connectivity index (χ4v) is 1.29. The van der Waals surface area contributed by atoms with E-state index in [1.165, 1.54) is 6.92 Å². The lowest BCUT2D eigenvalue weighted by molar-refractivity contribution is -0.238. The van der Waals surface area contributed by atoms with E-state index in [1.54, 1.807) is 60.7 Å². The van der Waals surface area contributed by atoms with Crippen LogP contribution in [0.1, 0.15) is 27.6 Å². The van der Waals surface area contributed by atoms with Crippen molar-refractivity contribution in [1.82, 2.24) is 0 Å². The molecule has 0 saturated carbocycles. The second-order valence-electron chi connectivity index (χ2n) is 5.05. The van der Waals surface area contributed by atoms with Gasteiger partial charge in [-0.3, -0.25) is 0 Å². The highest BCUT2D eigenvalue weighted by Gasteiger charge is 2.27. The van der Waals surface area contributed by atoms with Crippen molar-refractivity contribution < 1.29 is 40.2 Å². The third-order valence-electron chi connectivity index (χ3n) is 2.94. The van der Waals surface area contributed by atoms with Crippen molar-refractivity contribution in [3.63, 3.8) is 0 Å². The topological polar surface area (TPSA) is 156 Å². The average molecular weight is 366 g/mol. The fourth-order valence-electron chi connectivity index (χ4n) is 1.29. The summed E-state index contributed by atoms with van der Waals surface area (Å²) in [7, 11) is 0. The number of carboxylic acid groups (broad SMARTS) is 2. The number of aliphatic hydroxyl groups is 4. The summed E-state index contributed by atoms with van der Waals surface area (Å²) >= 11 is 0. The molecule has 0 aliphatic carbocycles. The number of carbonyl (C=O) groups is 2. The van der Waals surface area contributed by atoms with Crippen molar-refractivity contribution in [2.75, 3.05) is 6.61 Å². The molecule has 2 rings (SSSR count). The minimum Gasteiger partial charge on any atom is -0.478 e. The van der Waals surface area contributed by atoms with Crippen molar-refractivity contribution in [3.05, 3.63) is 71.8 Å². The number of hydrogen-bond acceptors (Lipinski definition) is 6. The Morgan fingerprint density at radius 1 is 0.846 bits per heavy atom. The van der Waals surface area contributed by atoms with Gasteiger partial charge in [0.15, 0.2) is 0 Å². The molecule has 2 aromatic rings. The lowest BCUT2D eigenvalue weighted by Gasteiger charge is -2.21. The van der Waals surface area contributed by atoms with Crippen LogP contribution in [-0.2, 0) is 0 Å². The highest BCUT2D eigenvalue weighted by atomic mass is 16.5. The van der Waals surface area contributed by atoms with Crippen LogP contribution in [0.4, 0.5) is 0 Å². The van der Waals surface area contributed by atoms with Gasteiger partial charge in [-0.1, -0.05) is 36.4 Å². The molecule has 0 spiro atoms. The average Bonchev–Trinajstić information content (AvgIpc) is 2.64. The molecule has 0 aliphatic heterocycles. The Morgan fingerprint density at radius 3 is 1.27 bits per heavy atom. The van der Waals surface area contributed by atoms with E-state index >= 15 is 0 Å². The molecule has 26 heavy (non-hydrogen) atoms. The monoisotopic (exact) mass is 366 g/mol. The zero-order valence-corrected chi connectivity index (χ0v) is 14.1. The maximum atomic E-state index is 10.2. The maximum absolute atomic E-state index is 10.2. The zero-order chi connectivity index (χ0) is 20.2. The van der Waals surface area contributed by atoms with Crippen LogP contribution < -0.4 is 0 Å². The number of benzene rings is 2. The van der Waals surface area contributed by atoms with Crippen LogP contribution >= 0.6 is 0 Å². The van der Waals surface area contributed by atoms with Gasteiger partial charge in [0.25, 0.3) is 0 Å². The second kappa shape index (κ2) is 11.7. The van der Waals surface area contributed by atoms with E-state index in [0.29, 0.717) is 11.1 Å². The van der Waals surface area contributed by atoms with Gasteiger partial charge >= 0.3 is 11.9 Å². The molecule has 0 aromatic heterocycles. The molecular weight excluding hydrogens is 344 g/mol. The molecule has 142 valence electrons. The van der Waals surface area contributed by atoms with Crippen LogP contribution in [0.2, 0.25) is 0 Å². The molecule has 6 N–H and O–H groups in total. The molecule has 0 radical (unpaired) electrons. The summed E-state index contributed by atoms with van der Waals surface area (Å²) in [6.07, 6.45) is -1.33. The summed E-state index contributed by atoms with van der Waals surface area (Å²) in [4.78, 5) is 20.4. The Balaban J connectivity index is 0.000000362. The van der Waals surface area contributed by atoms with E-state index in [4.69, 9.17) is 30.6 Å². The zero-order valence-electron chi connectivity index (χ0n) is 14.1. The largest absolute Gasteiger partial charge is 0.478 e. The first-order chi connectivity index (χ1) is 12.1. The summed E-state index contributed by atoms with van der Waals surface area (Å²) < 4.78 is 0. The first-order valence-electron chi connectivity index (χ1n) is 7.42.